The van der Waals surface area contributed by atoms with Crippen LogP contribution in [0.1, 0.15) is 21.5 Å². The van der Waals surface area contributed by atoms with Crippen molar-refractivity contribution < 1.29 is 4.79 Å². The van der Waals surface area contributed by atoms with E-state index >= 15 is 0 Å². The molecule has 144 valence electrons. The van der Waals surface area contributed by atoms with Crippen LogP contribution < -0.4 is 10.9 Å². The summed E-state index contributed by atoms with van der Waals surface area (Å²) in [6.07, 6.45) is 0.884. The number of carbonyl (C=O) groups is 1. The van der Waals surface area contributed by atoms with E-state index in [-0.39, 0.29) is 11.5 Å². The van der Waals surface area contributed by atoms with E-state index < -0.39 is 0 Å². The third-order valence-corrected chi connectivity index (χ3v) is 6.53. The lowest BCUT2D eigenvalue weighted by molar-refractivity contribution is 0.0941. The van der Waals surface area contributed by atoms with Gasteiger partial charge in [-0.25, -0.2) is 0 Å². The van der Waals surface area contributed by atoms with E-state index in [0.717, 1.165) is 72.7 Å². The molecule has 1 aromatic carbocycles. The summed E-state index contributed by atoms with van der Waals surface area (Å²) in [5.74, 6) is 1.73. The predicted molar refractivity (Wildman–Crippen MR) is 111 cm³/mol. The van der Waals surface area contributed by atoms with E-state index in [4.69, 9.17) is 0 Å². The SMILES string of the molecule is CN1CCN(CCNC(=O)c2ccc3[nH]c(=O)c4c(c3c2)CCSC4)CC1. The molecule has 7 heteroatoms. The maximum atomic E-state index is 12.6. The fourth-order valence-corrected chi connectivity index (χ4v) is 4.83. The number of nitrogens with one attached hydrogen (secondary N) is 2. The molecular formula is C20H26N4O2S. The van der Waals surface area contributed by atoms with Crippen molar-refractivity contribution in [2.24, 2.45) is 0 Å². The molecule has 0 bridgehead atoms. The number of pyridine rings is 1. The highest BCUT2D eigenvalue weighted by atomic mass is 32.2. The number of amides is 1. The Hall–Kier alpha value is -1.83. The quantitative estimate of drug-likeness (QED) is 0.829. The molecule has 1 amide bonds. The van der Waals surface area contributed by atoms with Crippen LogP contribution in [0.2, 0.25) is 0 Å². The Bertz CT molecular complexity index is 903. The summed E-state index contributed by atoms with van der Waals surface area (Å²) in [5.41, 5.74) is 3.47. The van der Waals surface area contributed by atoms with Crippen LogP contribution >= 0.6 is 11.8 Å². The number of aromatic amines is 1. The summed E-state index contributed by atoms with van der Waals surface area (Å²) in [6, 6.07) is 5.59. The fraction of sp³-hybridized carbons (Fsp3) is 0.500. The lowest BCUT2D eigenvalue weighted by atomic mass is 9.99. The molecule has 2 N–H and O–H groups in total. The average Bonchev–Trinajstić information content (AvgIpc) is 2.69. The van der Waals surface area contributed by atoms with E-state index in [1.165, 1.54) is 0 Å². The Labute approximate surface area is 163 Å². The number of carbonyl (C=O) groups excluding carboxylic acids is 1. The second kappa shape index (κ2) is 8.04. The molecule has 1 aromatic heterocycles. The normalized spacial score (nSPS) is 18.4. The van der Waals surface area contributed by atoms with Crippen molar-refractivity contribution in [3.8, 4) is 0 Å². The summed E-state index contributed by atoms with van der Waals surface area (Å²) < 4.78 is 0. The molecule has 0 aliphatic carbocycles. The number of piperazine rings is 1. The van der Waals surface area contributed by atoms with Crippen LogP contribution in [-0.2, 0) is 12.2 Å². The second-order valence-corrected chi connectivity index (χ2v) is 8.48. The van der Waals surface area contributed by atoms with Gasteiger partial charge in [0.2, 0.25) is 0 Å². The van der Waals surface area contributed by atoms with Crippen LogP contribution in [0, 0.1) is 0 Å². The zero-order valence-corrected chi connectivity index (χ0v) is 16.5. The van der Waals surface area contributed by atoms with Gasteiger partial charge in [-0.05, 0) is 43.0 Å². The van der Waals surface area contributed by atoms with E-state index in [9.17, 15) is 9.59 Å². The summed E-state index contributed by atoms with van der Waals surface area (Å²) >= 11 is 1.79. The molecule has 0 saturated carbocycles. The molecule has 6 nitrogen and oxygen atoms in total. The van der Waals surface area contributed by atoms with Crippen LogP contribution in [0.5, 0.6) is 0 Å². The van der Waals surface area contributed by atoms with Gasteiger partial charge in [0.15, 0.2) is 0 Å². The Morgan fingerprint density at radius 3 is 2.85 bits per heavy atom. The van der Waals surface area contributed by atoms with E-state index in [0.29, 0.717) is 12.1 Å². The lowest BCUT2D eigenvalue weighted by Crippen LogP contribution is -2.46. The number of hydrogen-bond acceptors (Lipinski definition) is 5. The van der Waals surface area contributed by atoms with Crippen molar-refractivity contribution in [2.45, 2.75) is 12.2 Å². The summed E-state index contributed by atoms with van der Waals surface area (Å²) in [5, 5.41) is 4.05. The number of fused-ring (bicyclic) bond motifs is 3. The highest BCUT2D eigenvalue weighted by Gasteiger charge is 2.18. The summed E-state index contributed by atoms with van der Waals surface area (Å²) in [6.45, 7) is 5.81. The van der Waals surface area contributed by atoms with Gasteiger partial charge in [0.1, 0.15) is 0 Å². The molecule has 2 aliphatic heterocycles. The molecule has 0 radical (unpaired) electrons. The number of hydrogen-bond donors (Lipinski definition) is 2. The van der Waals surface area contributed by atoms with Crippen molar-refractivity contribution in [3.05, 3.63) is 45.2 Å². The van der Waals surface area contributed by atoms with Gasteiger partial charge in [0, 0.05) is 67.1 Å². The van der Waals surface area contributed by atoms with Gasteiger partial charge in [-0.3, -0.25) is 14.5 Å². The van der Waals surface area contributed by atoms with Gasteiger partial charge in [0.05, 0.1) is 0 Å². The summed E-state index contributed by atoms with van der Waals surface area (Å²) in [7, 11) is 2.14. The molecule has 1 fully saturated rings. The van der Waals surface area contributed by atoms with Crippen molar-refractivity contribution in [2.75, 3.05) is 52.1 Å². The Morgan fingerprint density at radius 1 is 1.22 bits per heavy atom. The van der Waals surface area contributed by atoms with Crippen LogP contribution in [0.4, 0.5) is 0 Å². The third-order valence-electron chi connectivity index (χ3n) is 5.55. The highest BCUT2D eigenvalue weighted by molar-refractivity contribution is 7.98. The van der Waals surface area contributed by atoms with Crippen molar-refractivity contribution in [1.82, 2.24) is 20.1 Å². The fourth-order valence-electron chi connectivity index (χ4n) is 3.83. The maximum absolute atomic E-state index is 12.6. The predicted octanol–water partition coefficient (Wildman–Crippen LogP) is 1.29. The van der Waals surface area contributed by atoms with Crippen LogP contribution in [0.15, 0.2) is 23.0 Å². The molecule has 0 spiro atoms. The number of rotatable bonds is 4. The number of benzene rings is 1. The van der Waals surface area contributed by atoms with Crippen molar-refractivity contribution in [3.63, 3.8) is 0 Å². The smallest absolute Gasteiger partial charge is 0.252 e. The molecule has 4 rings (SSSR count). The van der Waals surface area contributed by atoms with Gasteiger partial charge in [-0.1, -0.05) is 0 Å². The van der Waals surface area contributed by atoms with E-state index in [2.05, 4.69) is 27.1 Å². The number of aryl methyl sites for hydroxylation is 1. The second-order valence-electron chi connectivity index (χ2n) is 7.37. The minimum absolute atomic E-state index is 0.00841. The third kappa shape index (κ3) is 4.05. The monoisotopic (exact) mass is 386 g/mol. The van der Waals surface area contributed by atoms with Gasteiger partial charge < -0.3 is 15.2 Å². The number of likely N-dealkylation sites (N-methyl/N-ethyl adjacent to an activating group) is 1. The topological polar surface area (TPSA) is 68.4 Å². The molecular weight excluding hydrogens is 360 g/mol. The Kier molecular flexibility index (Phi) is 5.52. The van der Waals surface area contributed by atoms with Crippen LogP contribution in [-0.4, -0.2) is 72.8 Å². The molecule has 0 atom stereocenters. The number of nitrogens with zero attached hydrogens (tertiary/aromatic N) is 2. The lowest BCUT2D eigenvalue weighted by Gasteiger charge is -2.32. The zero-order valence-electron chi connectivity index (χ0n) is 15.7. The van der Waals surface area contributed by atoms with E-state index in [1.807, 2.05) is 12.1 Å². The molecule has 0 unspecified atom stereocenters. The van der Waals surface area contributed by atoms with Crippen LogP contribution in [0.3, 0.4) is 0 Å². The van der Waals surface area contributed by atoms with Gasteiger partial charge >= 0.3 is 0 Å². The molecule has 1 saturated heterocycles. The van der Waals surface area contributed by atoms with Crippen LogP contribution in [0.25, 0.3) is 10.9 Å². The highest BCUT2D eigenvalue weighted by Crippen LogP contribution is 2.28. The number of H-pyrrole nitrogens is 1. The molecule has 3 heterocycles. The minimum Gasteiger partial charge on any atom is -0.351 e. The van der Waals surface area contributed by atoms with Crippen molar-refractivity contribution >= 4 is 28.6 Å². The zero-order chi connectivity index (χ0) is 18.8. The standard InChI is InChI=1S/C20H26N4O2S/c1-23-7-9-24(10-8-23)6-5-21-19(25)14-2-3-18-16(12-14)15-4-11-27-13-17(15)20(26)22-18/h2-3,12H,4-11,13H2,1H3,(H,21,25)(H,22,26). The van der Waals surface area contributed by atoms with Gasteiger partial charge in [-0.15, -0.1) is 0 Å². The minimum atomic E-state index is -0.0452. The largest absolute Gasteiger partial charge is 0.351 e. The molecule has 27 heavy (non-hydrogen) atoms. The number of thioether (sulfide) groups is 1. The molecule has 2 aliphatic rings. The first-order valence-corrected chi connectivity index (χ1v) is 10.7. The first-order valence-electron chi connectivity index (χ1n) is 9.56. The first kappa shape index (κ1) is 18.5. The van der Waals surface area contributed by atoms with Gasteiger partial charge in [-0.2, -0.15) is 11.8 Å². The Morgan fingerprint density at radius 2 is 2.04 bits per heavy atom. The Balaban J connectivity index is 1.46. The summed E-state index contributed by atoms with van der Waals surface area (Å²) in [4.78, 5) is 32.5. The van der Waals surface area contributed by atoms with E-state index in [1.54, 1.807) is 17.8 Å². The van der Waals surface area contributed by atoms with Gasteiger partial charge in [0.25, 0.3) is 11.5 Å². The average molecular weight is 387 g/mol. The maximum Gasteiger partial charge on any atom is 0.252 e. The number of aromatic nitrogens is 1. The van der Waals surface area contributed by atoms with Crippen molar-refractivity contribution in [1.29, 1.82) is 0 Å². The molecule has 2 aromatic rings. The first-order chi connectivity index (χ1) is 13.1.